The molecule has 1 aromatic rings. The number of hydrogen-bond donors (Lipinski definition) is 2. The highest BCUT2D eigenvalue weighted by Gasteiger charge is 2.28. The summed E-state index contributed by atoms with van der Waals surface area (Å²) in [6, 6.07) is 3.21. The minimum atomic E-state index is -3.62. The predicted octanol–water partition coefficient (Wildman–Crippen LogP) is 3.65. The molecular weight excluding hydrogens is 408 g/mol. The molecule has 1 aromatic carbocycles. The molecule has 1 fully saturated rings. The van der Waals surface area contributed by atoms with Crippen LogP contribution in [0.15, 0.2) is 26.0 Å². The number of anilines is 1. The average molecular weight is 426 g/mol. The van der Waals surface area contributed by atoms with Crippen LogP contribution in [0.5, 0.6) is 0 Å². The van der Waals surface area contributed by atoms with E-state index in [4.69, 9.17) is 5.73 Å². The zero-order chi connectivity index (χ0) is 14.9. The van der Waals surface area contributed by atoms with E-state index in [-0.39, 0.29) is 16.6 Å². The van der Waals surface area contributed by atoms with Gasteiger partial charge in [0.25, 0.3) is 0 Å². The first-order valence-corrected chi connectivity index (χ1v) is 9.65. The Labute approximate surface area is 136 Å². The highest BCUT2D eigenvalue weighted by Crippen LogP contribution is 2.33. The minimum Gasteiger partial charge on any atom is -0.398 e. The molecule has 0 heterocycles. The molecule has 7 heteroatoms. The van der Waals surface area contributed by atoms with Crippen LogP contribution in [-0.2, 0) is 10.0 Å². The van der Waals surface area contributed by atoms with Gasteiger partial charge in [0, 0.05) is 15.0 Å². The number of nitrogen functional groups attached to an aromatic ring is 1. The summed E-state index contributed by atoms with van der Waals surface area (Å²) in [6.07, 6.45) is 4.53. The van der Waals surface area contributed by atoms with Gasteiger partial charge in [0.2, 0.25) is 10.0 Å². The Hall–Kier alpha value is -0.110. The Kier molecular flexibility index (Phi) is 5.15. The number of sulfonamides is 1. The molecule has 1 aliphatic rings. The van der Waals surface area contributed by atoms with Crippen molar-refractivity contribution in [2.45, 2.75) is 43.5 Å². The molecule has 1 atom stereocenters. The topological polar surface area (TPSA) is 72.2 Å². The lowest BCUT2D eigenvalue weighted by atomic mass is 10.0. The Bertz CT molecular complexity index is 575. The van der Waals surface area contributed by atoms with E-state index in [9.17, 15) is 8.42 Å². The highest BCUT2D eigenvalue weighted by atomic mass is 79.9. The van der Waals surface area contributed by atoms with Gasteiger partial charge < -0.3 is 5.73 Å². The fourth-order valence-electron chi connectivity index (χ4n) is 2.72. The van der Waals surface area contributed by atoms with Crippen molar-refractivity contribution in [1.82, 2.24) is 4.72 Å². The second kappa shape index (κ2) is 6.34. The van der Waals surface area contributed by atoms with Crippen molar-refractivity contribution in [3.63, 3.8) is 0 Å². The number of halogens is 2. The van der Waals surface area contributed by atoms with E-state index in [0.717, 1.165) is 17.3 Å². The van der Waals surface area contributed by atoms with Crippen LogP contribution in [0.1, 0.15) is 32.6 Å². The smallest absolute Gasteiger partial charge is 0.243 e. The summed E-state index contributed by atoms with van der Waals surface area (Å²) in [7, 11) is -3.62. The van der Waals surface area contributed by atoms with Crippen LogP contribution >= 0.6 is 31.9 Å². The Morgan fingerprint density at radius 3 is 2.45 bits per heavy atom. The lowest BCUT2D eigenvalue weighted by Crippen LogP contribution is -2.37. The summed E-state index contributed by atoms with van der Waals surface area (Å²) in [5.74, 6) is 0.417. The minimum absolute atomic E-state index is 0.0718. The van der Waals surface area contributed by atoms with Crippen molar-refractivity contribution in [3.8, 4) is 0 Å². The summed E-state index contributed by atoms with van der Waals surface area (Å²) < 4.78 is 29.0. The molecule has 0 bridgehead atoms. The number of rotatable bonds is 4. The van der Waals surface area contributed by atoms with Gasteiger partial charge in [0.05, 0.1) is 5.69 Å². The van der Waals surface area contributed by atoms with Crippen LogP contribution in [-0.4, -0.2) is 14.5 Å². The van der Waals surface area contributed by atoms with E-state index in [1.165, 1.54) is 12.8 Å². The maximum absolute atomic E-state index is 12.5. The lowest BCUT2D eigenvalue weighted by molar-refractivity contribution is 0.424. The van der Waals surface area contributed by atoms with Gasteiger partial charge in [-0.05, 0) is 53.7 Å². The van der Waals surface area contributed by atoms with Crippen LogP contribution in [0.3, 0.4) is 0 Å². The van der Waals surface area contributed by atoms with Crippen molar-refractivity contribution in [3.05, 3.63) is 21.1 Å². The fourth-order valence-corrected chi connectivity index (χ4v) is 6.10. The largest absolute Gasteiger partial charge is 0.398 e. The van der Waals surface area contributed by atoms with Crippen LogP contribution in [0, 0.1) is 5.92 Å². The Morgan fingerprint density at radius 2 is 1.90 bits per heavy atom. The molecule has 20 heavy (non-hydrogen) atoms. The highest BCUT2D eigenvalue weighted by molar-refractivity contribution is 9.11. The van der Waals surface area contributed by atoms with Gasteiger partial charge >= 0.3 is 0 Å². The molecule has 1 saturated carbocycles. The summed E-state index contributed by atoms with van der Waals surface area (Å²) >= 11 is 6.57. The van der Waals surface area contributed by atoms with Crippen LogP contribution < -0.4 is 10.5 Å². The van der Waals surface area contributed by atoms with E-state index in [0.29, 0.717) is 10.4 Å². The van der Waals surface area contributed by atoms with Crippen molar-refractivity contribution >= 4 is 47.6 Å². The average Bonchev–Trinajstić information content (AvgIpc) is 2.78. The summed E-state index contributed by atoms with van der Waals surface area (Å²) in [5, 5.41) is 0. The quantitative estimate of drug-likeness (QED) is 0.723. The van der Waals surface area contributed by atoms with Gasteiger partial charge in [-0.3, -0.25) is 0 Å². The number of hydrogen-bond acceptors (Lipinski definition) is 3. The molecule has 0 amide bonds. The molecule has 1 unspecified atom stereocenters. The Balaban J connectivity index is 2.26. The molecule has 0 radical (unpaired) electrons. The monoisotopic (exact) mass is 424 g/mol. The molecule has 1 aliphatic carbocycles. The summed E-state index contributed by atoms with van der Waals surface area (Å²) in [4.78, 5) is 0.116. The second-order valence-electron chi connectivity index (χ2n) is 5.26. The molecule has 2 rings (SSSR count). The van der Waals surface area contributed by atoms with Gasteiger partial charge in [-0.15, -0.1) is 0 Å². The van der Waals surface area contributed by atoms with Crippen molar-refractivity contribution in [2.24, 2.45) is 5.92 Å². The first-order valence-electron chi connectivity index (χ1n) is 6.58. The Morgan fingerprint density at radius 1 is 1.30 bits per heavy atom. The lowest BCUT2D eigenvalue weighted by Gasteiger charge is -2.21. The molecule has 3 N–H and O–H groups in total. The van der Waals surface area contributed by atoms with E-state index < -0.39 is 10.0 Å². The van der Waals surface area contributed by atoms with Gasteiger partial charge in [-0.1, -0.05) is 28.8 Å². The van der Waals surface area contributed by atoms with Crippen molar-refractivity contribution in [2.75, 3.05) is 5.73 Å². The van der Waals surface area contributed by atoms with Crippen LogP contribution in [0.25, 0.3) is 0 Å². The number of nitrogens with one attached hydrogen (secondary N) is 1. The normalized spacial score (nSPS) is 18.4. The SMILES string of the molecule is CC(NS(=O)(=O)c1c(N)cc(Br)cc1Br)C1CCCC1. The summed E-state index contributed by atoms with van der Waals surface area (Å²) in [5.41, 5.74) is 6.09. The molecule has 4 nitrogen and oxygen atoms in total. The van der Waals surface area contributed by atoms with Crippen molar-refractivity contribution in [1.29, 1.82) is 0 Å². The van der Waals surface area contributed by atoms with Gasteiger partial charge in [-0.2, -0.15) is 0 Å². The zero-order valence-electron chi connectivity index (χ0n) is 11.2. The zero-order valence-corrected chi connectivity index (χ0v) is 15.2. The second-order valence-corrected chi connectivity index (χ2v) is 8.68. The van der Waals surface area contributed by atoms with Gasteiger partial charge in [-0.25, -0.2) is 13.1 Å². The molecule has 0 saturated heterocycles. The standard InChI is InChI=1S/C13H18Br2N2O2S/c1-8(9-4-2-3-5-9)17-20(18,19)13-11(15)6-10(14)7-12(13)16/h6-9,17H,2-5,16H2,1H3. The molecule has 0 aliphatic heterocycles. The molecule has 0 aromatic heterocycles. The third kappa shape index (κ3) is 3.55. The maximum Gasteiger partial charge on any atom is 0.243 e. The van der Waals surface area contributed by atoms with E-state index in [1.54, 1.807) is 12.1 Å². The third-order valence-corrected chi connectivity index (χ3v) is 6.77. The van der Waals surface area contributed by atoms with E-state index in [1.807, 2.05) is 6.92 Å². The van der Waals surface area contributed by atoms with Crippen LogP contribution in [0.4, 0.5) is 5.69 Å². The van der Waals surface area contributed by atoms with Gasteiger partial charge in [0.1, 0.15) is 4.90 Å². The van der Waals surface area contributed by atoms with E-state index >= 15 is 0 Å². The van der Waals surface area contributed by atoms with E-state index in [2.05, 4.69) is 36.6 Å². The molecule has 112 valence electrons. The van der Waals surface area contributed by atoms with Gasteiger partial charge in [0.15, 0.2) is 0 Å². The fraction of sp³-hybridized carbons (Fsp3) is 0.538. The van der Waals surface area contributed by atoms with Crippen molar-refractivity contribution < 1.29 is 8.42 Å². The first-order chi connectivity index (χ1) is 9.31. The number of benzene rings is 1. The maximum atomic E-state index is 12.5. The molecule has 0 spiro atoms. The predicted molar refractivity (Wildman–Crippen MR) is 88.0 cm³/mol. The first kappa shape index (κ1) is 16.3. The third-order valence-electron chi connectivity index (χ3n) is 3.75. The summed E-state index contributed by atoms with van der Waals surface area (Å²) in [6.45, 7) is 1.93. The number of nitrogens with two attached hydrogens (primary N) is 1. The van der Waals surface area contributed by atoms with Crippen LogP contribution in [0.2, 0.25) is 0 Å². The molecular formula is C13H18Br2N2O2S.